The van der Waals surface area contributed by atoms with Crippen molar-refractivity contribution < 1.29 is 4.79 Å². The van der Waals surface area contributed by atoms with Crippen LogP contribution in [0.25, 0.3) is 0 Å². The van der Waals surface area contributed by atoms with Crippen molar-refractivity contribution in [1.82, 2.24) is 25.5 Å². The molecule has 18 heavy (non-hydrogen) atoms. The predicted octanol–water partition coefficient (Wildman–Crippen LogP) is 0.787. The van der Waals surface area contributed by atoms with Gasteiger partial charge in [0, 0.05) is 6.04 Å². The van der Waals surface area contributed by atoms with Crippen LogP contribution in [0, 0.1) is 0 Å². The molecule has 6 nitrogen and oxygen atoms in total. The Morgan fingerprint density at radius 2 is 2.00 bits per heavy atom. The Hall–Kier alpha value is -2.24. The van der Waals surface area contributed by atoms with Gasteiger partial charge in [0.15, 0.2) is 6.04 Å². The van der Waals surface area contributed by atoms with Gasteiger partial charge in [0.05, 0.1) is 0 Å². The van der Waals surface area contributed by atoms with Crippen LogP contribution in [0.15, 0.2) is 36.7 Å². The second-order valence-electron chi connectivity index (χ2n) is 4.27. The van der Waals surface area contributed by atoms with Crippen molar-refractivity contribution in [2.75, 3.05) is 0 Å². The highest BCUT2D eigenvalue weighted by Crippen LogP contribution is 2.16. The van der Waals surface area contributed by atoms with E-state index >= 15 is 0 Å². The summed E-state index contributed by atoms with van der Waals surface area (Å²) in [7, 11) is 0. The highest BCUT2D eigenvalue weighted by molar-refractivity contribution is 5.83. The van der Waals surface area contributed by atoms with Crippen LogP contribution in [-0.4, -0.2) is 32.2 Å². The molecule has 0 aliphatic rings. The third kappa shape index (κ3) is 2.71. The smallest absolute Gasteiger partial charge is 0.249 e. The van der Waals surface area contributed by atoms with Gasteiger partial charge in [-0.25, -0.2) is 4.68 Å². The zero-order chi connectivity index (χ0) is 13.0. The van der Waals surface area contributed by atoms with E-state index in [2.05, 4.69) is 20.8 Å². The van der Waals surface area contributed by atoms with Crippen molar-refractivity contribution in [2.45, 2.75) is 25.9 Å². The molecule has 0 unspecified atom stereocenters. The van der Waals surface area contributed by atoms with Crippen LogP contribution in [-0.2, 0) is 4.79 Å². The summed E-state index contributed by atoms with van der Waals surface area (Å²) < 4.78 is 1.45. The number of amides is 1. The Morgan fingerprint density at radius 1 is 1.28 bits per heavy atom. The summed E-state index contributed by atoms with van der Waals surface area (Å²) in [5.41, 5.74) is 0.850. The highest BCUT2D eigenvalue weighted by atomic mass is 16.2. The molecule has 1 amide bonds. The molecule has 2 rings (SSSR count). The number of benzene rings is 1. The predicted molar refractivity (Wildman–Crippen MR) is 65.7 cm³/mol. The molecule has 0 bridgehead atoms. The van der Waals surface area contributed by atoms with Gasteiger partial charge in [0.2, 0.25) is 5.91 Å². The van der Waals surface area contributed by atoms with E-state index in [4.69, 9.17) is 0 Å². The molecule has 0 radical (unpaired) electrons. The third-order valence-corrected chi connectivity index (χ3v) is 2.42. The van der Waals surface area contributed by atoms with Crippen LogP contribution in [0.4, 0.5) is 0 Å². The standard InChI is InChI=1S/C12H15N5O/c1-9(2)14-12(18)11(17-8-13-15-16-17)10-6-4-3-5-7-10/h3-9,11H,1-2H3,(H,14,18)/t11-/m1/s1. The zero-order valence-corrected chi connectivity index (χ0v) is 10.3. The first-order valence-corrected chi connectivity index (χ1v) is 5.76. The Labute approximate surface area is 105 Å². The van der Waals surface area contributed by atoms with Crippen LogP contribution in [0.1, 0.15) is 25.5 Å². The number of carbonyl (C=O) groups is 1. The first kappa shape index (κ1) is 12.2. The summed E-state index contributed by atoms with van der Waals surface area (Å²) in [6, 6.07) is 8.97. The van der Waals surface area contributed by atoms with Gasteiger partial charge in [0.1, 0.15) is 6.33 Å². The van der Waals surface area contributed by atoms with E-state index in [9.17, 15) is 4.79 Å². The summed E-state index contributed by atoms with van der Waals surface area (Å²) in [5, 5.41) is 13.9. The topological polar surface area (TPSA) is 72.7 Å². The fourth-order valence-corrected chi connectivity index (χ4v) is 1.71. The molecule has 1 aromatic heterocycles. The lowest BCUT2D eigenvalue weighted by molar-refractivity contribution is -0.124. The number of hydrogen-bond acceptors (Lipinski definition) is 4. The molecule has 1 atom stereocenters. The second-order valence-corrected chi connectivity index (χ2v) is 4.27. The largest absolute Gasteiger partial charge is 0.352 e. The molecule has 1 aromatic carbocycles. The fourth-order valence-electron chi connectivity index (χ4n) is 1.71. The molecule has 0 aliphatic carbocycles. The van der Waals surface area contributed by atoms with Gasteiger partial charge in [-0.2, -0.15) is 0 Å². The van der Waals surface area contributed by atoms with E-state index in [0.717, 1.165) is 5.56 Å². The normalized spacial score (nSPS) is 12.4. The summed E-state index contributed by atoms with van der Waals surface area (Å²) >= 11 is 0. The lowest BCUT2D eigenvalue weighted by Gasteiger charge is -2.18. The van der Waals surface area contributed by atoms with Crippen molar-refractivity contribution >= 4 is 5.91 Å². The molecule has 1 heterocycles. The number of carbonyl (C=O) groups excluding carboxylic acids is 1. The third-order valence-electron chi connectivity index (χ3n) is 2.42. The van der Waals surface area contributed by atoms with Crippen molar-refractivity contribution in [2.24, 2.45) is 0 Å². The molecule has 0 saturated carbocycles. The Balaban J connectivity index is 2.33. The Bertz CT molecular complexity index is 494. The number of nitrogens with zero attached hydrogens (tertiary/aromatic N) is 4. The molecule has 6 heteroatoms. The minimum atomic E-state index is -0.538. The first-order chi connectivity index (χ1) is 8.68. The average Bonchev–Trinajstić information content (AvgIpc) is 2.83. The average molecular weight is 245 g/mol. The number of hydrogen-bond donors (Lipinski definition) is 1. The zero-order valence-electron chi connectivity index (χ0n) is 10.3. The van der Waals surface area contributed by atoms with Gasteiger partial charge < -0.3 is 5.32 Å². The lowest BCUT2D eigenvalue weighted by atomic mass is 10.1. The van der Waals surface area contributed by atoms with E-state index in [1.54, 1.807) is 0 Å². The van der Waals surface area contributed by atoms with Gasteiger partial charge >= 0.3 is 0 Å². The Morgan fingerprint density at radius 3 is 2.56 bits per heavy atom. The molecule has 0 fully saturated rings. The van der Waals surface area contributed by atoms with Crippen LogP contribution in [0.2, 0.25) is 0 Å². The molecule has 94 valence electrons. The monoisotopic (exact) mass is 245 g/mol. The van der Waals surface area contributed by atoms with Crippen LogP contribution in [0.5, 0.6) is 0 Å². The van der Waals surface area contributed by atoms with Gasteiger partial charge in [-0.05, 0) is 29.8 Å². The van der Waals surface area contributed by atoms with E-state index in [-0.39, 0.29) is 11.9 Å². The van der Waals surface area contributed by atoms with Crippen molar-refractivity contribution in [3.05, 3.63) is 42.2 Å². The molecule has 2 aromatic rings. The fraction of sp³-hybridized carbons (Fsp3) is 0.333. The summed E-state index contributed by atoms with van der Waals surface area (Å²) in [5.74, 6) is -0.122. The quantitative estimate of drug-likeness (QED) is 0.864. The molecule has 0 saturated heterocycles. The van der Waals surface area contributed by atoms with Crippen LogP contribution in [0.3, 0.4) is 0 Å². The van der Waals surface area contributed by atoms with Crippen molar-refractivity contribution in [1.29, 1.82) is 0 Å². The maximum absolute atomic E-state index is 12.2. The summed E-state index contributed by atoms with van der Waals surface area (Å²) in [4.78, 5) is 12.2. The summed E-state index contributed by atoms with van der Waals surface area (Å²) in [6.45, 7) is 3.83. The molecular weight excluding hydrogens is 230 g/mol. The van der Waals surface area contributed by atoms with Gasteiger partial charge in [0.25, 0.3) is 0 Å². The van der Waals surface area contributed by atoms with E-state index in [0.29, 0.717) is 0 Å². The molecule has 0 aliphatic heterocycles. The minimum Gasteiger partial charge on any atom is -0.352 e. The maximum atomic E-state index is 12.2. The second kappa shape index (κ2) is 5.39. The van der Waals surface area contributed by atoms with Crippen molar-refractivity contribution in [3.63, 3.8) is 0 Å². The van der Waals surface area contributed by atoms with E-state index < -0.39 is 6.04 Å². The Kier molecular flexibility index (Phi) is 3.66. The lowest BCUT2D eigenvalue weighted by Crippen LogP contribution is -2.37. The van der Waals surface area contributed by atoms with Crippen LogP contribution < -0.4 is 5.32 Å². The highest BCUT2D eigenvalue weighted by Gasteiger charge is 2.23. The van der Waals surface area contributed by atoms with Gasteiger partial charge in [-0.3, -0.25) is 4.79 Å². The number of nitrogens with one attached hydrogen (secondary N) is 1. The van der Waals surface area contributed by atoms with Crippen molar-refractivity contribution in [3.8, 4) is 0 Å². The van der Waals surface area contributed by atoms with Gasteiger partial charge in [-0.15, -0.1) is 5.10 Å². The molecular formula is C12H15N5O. The van der Waals surface area contributed by atoms with Crippen LogP contribution >= 0.6 is 0 Å². The maximum Gasteiger partial charge on any atom is 0.249 e. The van der Waals surface area contributed by atoms with Gasteiger partial charge in [-0.1, -0.05) is 30.3 Å². The minimum absolute atomic E-state index is 0.0696. The van der Waals surface area contributed by atoms with E-state index in [1.807, 2.05) is 44.2 Å². The number of tetrazole rings is 1. The number of aromatic nitrogens is 4. The number of rotatable bonds is 4. The summed E-state index contributed by atoms with van der Waals surface area (Å²) in [6.07, 6.45) is 1.44. The van der Waals surface area contributed by atoms with E-state index in [1.165, 1.54) is 11.0 Å². The molecule has 0 spiro atoms. The SMILES string of the molecule is CC(C)NC(=O)[C@@H](c1ccccc1)n1cnnn1. The molecule has 1 N–H and O–H groups in total. The first-order valence-electron chi connectivity index (χ1n) is 5.76.